The fraction of sp³-hybridized carbons (Fsp3) is 1.00. The van der Waals surface area contributed by atoms with E-state index in [9.17, 15) is 4.57 Å². The van der Waals surface area contributed by atoms with Crippen molar-refractivity contribution in [2.45, 2.75) is 18.9 Å². The first-order chi connectivity index (χ1) is 3.85. The maximum Gasteiger partial charge on any atom is 0.356 e. The molecule has 0 rings (SSSR count). The maximum atomic E-state index is 10.1. The van der Waals surface area contributed by atoms with Crippen molar-refractivity contribution < 1.29 is 24.6 Å². The molecule has 0 amide bonds. The zero-order valence-electron chi connectivity index (χ0n) is 4.80. The van der Waals surface area contributed by atoms with Crippen LogP contribution in [0.4, 0.5) is 0 Å². The Bertz CT molecular complexity index is 126. The highest BCUT2D eigenvalue weighted by Gasteiger charge is 2.30. The number of hydrogen-bond donors (Lipinski definition) is 4. The smallest absolute Gasteiger partial charge is 0.356 e. The first-order valence-electron chi connectivity index (χ1n) is 2.27. The molecule has 0 unspecified atom stereocenters. The minimum Gasteiger partial charge on any atom is -0.390 e. The Morgan fingerprint density at radius 1 is 1.33 bits per heavy atom. The molecule has 0 saturated heterocycles. The lowest BCUT2D eigenvalue weighted by Crippen LogP contribution is -2.21. The molecule has 2 atom stereocenters. The summed E-state index contributed by atoms with van der Waals surface area (Å²) >= 11 is 0. The number of aliphatic hydroxyl groups excluding tert-OH is 2. The second kappa shape index (κ2) is 2.77. The van der Waals surface area contributed by atoms with E-state index in [0.717, 1.165) is 6.92 Å². The van der Waals surface area contributed by atoms with Gasteiger partial charge in [0.25, 0.3) is 0 Å². The predicted molar refractivity (Wildman–Crippen MR) is 29.7 cm³/mol. The zero-order chi connectivity index (χ0) is 7.65. The number of hydrogen-bond acceptors (Lipinski definition) is 3. The zero-order valence-corrected chi connectivity index (χ0v) is 5.69. The topological polar surface area (TPSA) is 98.0 Å². The van der Waals surface area contributed by atoms with E-state index in [1.54, 1.807) is 0 Å². The Labute approximate surface area is 52.1 Å². The fourth-order valence-corrected chi connectivity index (χ4v) is 0.843. The molecule has 9 heavy (non-hydrogen) atoms. The highest BCUT2D eigenvalue weighted by Crippen LogP contribution is 2.40. The summed E-state index contributed by atoms with van der Waals surface area (Å²) in [6, 6.07) is 0. The Morgan fingerprint density at radius 3 is 1.67 bits per heavy atom. The molecular formula is C3H9O5P. The average molecular weight is 156 g/mol. The van der Waals surface area contributed by atoms with Crippen molar-refractivity contribution in [3.05, 3.63) is 0 Å². The molecule has 0 aliphatic heterocycles. The third kappa shape index (κ3) is 2.93. The van der Waals surface area contributed by atoms with Crippen LogP contribution in [0.3, 0.4) is 0 Å². The largest absolute Gasteiger partial charge is 0.390 e. The van der Waals surface area contributed by atoms with E-state index in [-0.39, 0.29) is 0 Å². The standard InChI is InChI=1S/C3H9O5P/c1-2(4)3(5)9(6,7)8/h2-5H,1H3,(H2,6,7,8)/t2-,3+/m1/s1. The molecule has 0 aromatic rings. The van der Waals surface area contributed by atoms with Crippen LogP contribution in [0, 0.1) is 0 Å². The SMILES string of the molecule is C[C@@H](O)[C@@H](O)P(=O)(O)O. The summed E-state index contributed by atoms with van der Waals surface area (Å²) < 4.78 is 10.1. The van der Waals surface area contributed by atoms with Crippen molar-refractivity contribution in [2.75, 3.05) is 0 Å². The molecule has 0 heterocycles. The molecule has 0 fully saturated rings. The van der Waals surface area contributed by atoms with Crippen LogP contribution < -0.4 is 0 Å². The molecule has 4 N–H and O–H groups in total. The minimum atomic E-state index is -4.51. The lowest BCUT2D eigenvalue weighted by Gasteiger charge is -2.13. The van der Waals surface area contributed by atoms with Crippen LogP contribution in [0.2, 0.25) is 0 Å². The Balaban J connectivity index is 4.05. The van der Waals surface area contributed by atoms with Gasteiger partial charge in [-0.3, -0.25) is 4.57 Å². The van der Waals surface area contributed by atoms with Crippen molar-refractivity contribution in [2.24, 2.45) is 0 Å². The molecule has 56 valence electrons. The molecule has 0 aliphatic rings. The van der Waals surface area contributed by atoms with Gasteiger partial charge in [-0.15, -0.1) is 0 Å². The van der Waals surface area contributed by atoms with E-state index in [4.69, 9.17) is 20.0 Å². The summed E-state index contributed by atoms with van der Waals surface area (Å²) in [5.74, 6) is -1.96. The van der Waals surface area contributed by atoms with E-state index in [2.05, 4.69) is 0 Å². The van der Waals surface area contributed by atoms with Gasteiger partial charge in [0.2, 0.25) is 0 Å². The molecule has 6 heteroatoms. The molecule has 0 aromatic carbocycles. The van der Waals surface area contributed by atoms with Gasteiger partial charge in [0.15, 0.2) is 5.85 Å². The molecule has 0 bridgehead atoms. The van der Waals surface area contributed by atoms with Gasteiger partial charge < -0.3 is 20.0 Å². The summed E-state index contributed by atoms with van der Waals surface area (Å²) in [7, 11) is -4.51. The summed E-state index contributed by atoms with van der Waals surface area (Å²) in [6.07, 6.45) is -1.40. The lowest BCUT2D eigenvalue weighted by molar-refractivity contribution is 0.0641. The molecule has 0 aliphatic carbocycles. The number of rotatable bonds is 2. The van der Waals surface area contributed by atoms with Crippen molar-refractivity contribution in [3.63, 3.8) is 0 Å². The summed E-state index contributed by atoms with van der Waals surface area (Å²) in [5.41, 5.74) is 0. The molecule has 5 nitrogen and oxygen atoms in total. The summed E-state index contributed by atoms with van der Waals surface area (Å²) in [6.45, 7) is 1.10. The van der Waals surface area contributed by atoms with Gasteiger partial charge in [0, 0.05) is 0 Å². The molecular weight excluding hydrogens is 147 g/mol. The Hall–Kier alpha value is 0.0700. The maximum absolute atomic E-state index is 10.1. The van der Waals surface area contributed by atoms with Gasteiger partial charge in [-0.05, 0) is 6.92 Å². The van der Waals surface area contributed by atoms with E-state index in [1.165, 1.54) is 0 Å². The average Bonchev–Trinajstić information content (AvgIpc) is 1.62. The van der Waals surface area contributed by atoms with Crippen molar-refractivity contribution in [3.8, 4) is 0 Å². The van der Waals surface area contributed by atoms with E-state index in [1.807, 2.05) is 0 Å². The van der Waals surface area contributed by atoms with Crippen molar-refractivity contribution in [1.29, 1.82) is 0 Å². The van der Waals surface area contributed by atoms with E-state index < -0.39 is 19.5 Å². The van der Waals surface area contributed by atoms with Crippen LogP contribution in [-0.2, 0) is 4.57 Å². The van der Waals surface area contributed by atoms with Crippen LogP contribution in [0.15, 0.2) is 0 Å². The second-order valence-corrected chi connectivity index (χ2v) is 3.45. The van der Waals surface area contributed by atoms with E-state index >= 15 is 0 Å². The van der Waals surface area contributed by atoms with Crippen molar-refractivity contribution >= 4 is 7.60 Å². The second-order valence-electron chi connectivity index (χ2n) is 1.74. The normalized spacial score (nSPS) is 19.2. The van der Waals surface area contributed by atoms with Crippen LogP contribution in [-0.4, -0.2) is 31.9 Å². The van der Waals surface area contributed by atoms with Crippen LogP contribution in [0.25, 0.3) is 0 Å². The first kappa shape index (κ1) is 9.07. The first-order valence-corrected chi connectivity index (χ1v) is 3.95. The molecule has 0 radical (unpaired) electrons. The quantitative estimate of drug-likeness (QED) is 0.379. The van der Waals surface area contributed by atoms with Gasteiger partial charge >= 0.3 is 7.60 Å². The Kier molecular flexibility index (Phi) is 2.79. The van der Waals surface area contributed by atoms with Gasteiger partial charge in [-0.2, -0.15) is 0 Å². The van der Waals surface area contributed by atoms with Crippen LogP contribution in [0.1, 0.15) is 6.92 Å². The monoisotopic (exact) mass is 156 g/mol. The summed E-state index contributed by atoms with van der Waals surface area (Å²) in [5, 5.41) is 16.9. The van der Waals surface area contributed by atoms with Crippen LogP contribution in [0.5, 0.6) is 0 Å². The van der Waals surface area contributed by atoms with Gasteiger partial charge in [0.05, 0.1) is 6.10 Å². The van der Waals surface area contributed by atoms with Crippen LogP contribution >= 0.6 is 7.60 Å². The lowest BCUT2D eigenvalue weighted by atomic mass is 10.4. The molecule has 0 aromatic heterocycles. The van der Waals surface area contributed by atoms with Gasteiger partial charge in [-0.25, -0.2) is 0 Å². The highest BCUT2D eigenvalue weighted by molar-refractivity contribution is 7.52. The third-order valence-corrected chi connectivity index (χ3v) is 1.90. The fourth-order valence-electron chi connectivity index (χ4n) is 0.281. The minimum absolute atomic E-state index is 1.10. The Morgan fingerprint density at radius 2 is 1.67 bits per heavy atom. The van der Waals surface area contributed by atoms with Crippen molar-refractivity contribution in [1.82, 2.24) is 0 Å². The van der Waals surface area contributed by atoms with E-state index in [0.29, 0.717) is 0 Å². The highest BCUT2D eigenvalue weighted by atomic mass is 31.2. The molecule has 0 saturated carbocycles. The predicted octanol–water partition coefficient (Wildman–Crippen LogP) is -1.14. The summed E-state index contributed by atoms with van der Waals surface area (Å²) in [4.78, 5) is 16.3. The van der Waals surface area contributed by atoms with Gasteiger partial charge in [-0.1, -0.05) is 0 Å². The number of aliphatic hydroxyl groups is 2. The third-order valence-electron chi connectivity index (χ3n) is 0.776. The molecule has 0 spiro atoms. The van der Waals surface area contributed by atoms with Gasteiger partial charge in [0.1, 0.15) is 0 Å².